The maximum atomic E-state index is 13.9. The van der Waals surface area contributed by atoms with Crippen LogP contribution in [0.3, 0.4) is 0 Å². The number of anilines is 5. The molecule has 1 aliphatic rings. The first-order valence-corrected chi connectivity index (χ1v) is 14.8. The van der Waals surface area contributed by atoms with Gasteiger partial charge in [-0.25, -0.2) is 14.7 Å². The predicted molar refractivity (Wildman–Crippen MR) is 177 cm³/mol. The van der Waals surface area contributed by atoms with Crippen molar-refractivity contribution in [1.82, 2.24) is 14.9 Å². The van der Waals surface area contributed by atoms with Crippen LogP contribution in [0.5, 0.6) is 5.88 Å². The molecule has 2 heterocycles. The SMILES string of the molecule is Cc1cccc(C)c1N(C(=O)Oc1ccnc(Nc2ccc(N3CCN(C)CC3)cc2)n1)c1ccc(-c2ccccc2)cc1. The fourth-order valence-electron chi connectivity index (χ4n) is 5.46. The standard InChI is InChI=1S/C36H36N6O2/c1-26-8-7-9-27(2)34(26)42(32-16-12-29(13-17-32)28-10-5-4-6-11-28)36(43)44-33-20-21-37-35(39-33)38-30-14-18-31(19-15-30)41-24-22-40(3)23-25-41/h4-21H,22-25H2,1-3H3,(H,37,38,39). The minimum Gasteiger partial charge on any atom is -0.390 e. The van der Waals surface area contributed by atoms with Crippen LogP contribution in [0, 0.1) is 13.8 Å². The summed E-state index contributed by atoms with van der Waals surface area (Å²) in [5.41, 5.74) is 7.59. The molecule has 0 atom stereocenters. The highest BCUT2D eigenvalue weighted by atomic mass is 16.6. The highest BCUT2D eigenvalue weighted by Gasteiger charge is 2.24. The van der Waals surface area contributed by atoms with Gasteiger partial charge in [0, 0.05) is 49.8 Å². The molecule has 222 valence electrons. The van der Waals surface area contributed by atoms with Crippen LogP contribution in [-0.2, 0) is 0 Å². The number of hydrogen-bond acceptors (Lipinski definition) is 7. The summed E-state index contributed by atoms with van der Waals surface area (Å²) in [6.45, 7) is 8.11. The summed E-state index contributed by atoms with van der Waals surface area (Å²) in [5, 5.41) is 3.23. The van der Waals surface area contributed by atoms with Crippen LogP contribution in [-0.4, -0.2) is 54.2 Å². The zero-order valence-electron chi connectivity index (χ0n) is 25.3. The van der Waals surface area contributed by atoms with E-state index in [-0.39, 0.29) is 5.88 Å². The molecule has 44 heavy (non-hydrogen) atoms. The Kier molecular flexibility index (Phi) is 8.52. The van der Waals surface area contributed by atoms with Gasteiger partial charge >= 0.3 is 6.09 Å². The van der Waals surface area contributed by atoms with Gasteiger partial charge in [-0.05, 0) is 79.5 Å². The Labute approximate surface area is 258 Å². The number of amides is 1. The Morgan fingerprint density at radius 2 is 1.43 bits per heavy atom. The molecular formula is C36H36N6O2. The van der Waals surface area contributed by atoms with Crippen molar-refractivity contribution < 1.29 is 9.53 Å². The van der Waals surface area contributed by atoms with Crippen LogP contribution in [0.1, 0.15) is 11.1 Å². The fourth-order valence-corrected chi connectivity index (χ4v) is 5.46. The molecule has 0 bridgehead atoms. The summed E-state index contributed by atoms with van der Waals surface area (Å²) < 4.78 is 5.88. The van der Waals surface area contributed by atoms with Crippen molar-refractivity contribution in [3.63, 3.8) is 0 Å². The molecule has 1 N–H and O–H groups in total. The second kappa shape index (κ2) is 13.0. The largest absolute Gasteiger partial charge is 0.425 e. The number of carbonyl (C=O) groups excluding carboxylic acids is 1. The third-order valence-corrected chi connectivity index (χ3v) is 7.89. The summed E-state index contributed by atoms with van der Waals surface area (Å²) in [7, 11) is 2.15. The Morgan fingerprint density at radius 3 is 2.11 bits per heavy atom. The van der Waals surface area contributed by atoms with E-state index in [1.807, 2.05) is 86.6 Å². The van der Waals surface area contributed by atoms with Gasteiger partial charge in [0.25, 0.3) is 0 Å². The van der Waals surface area contributed by atoms with Crippen LogP contribution >= 0.6 is 0 Å². The number of nitrogens with zero attached hydrogens (tertiary/aromatic N) is 5. The molecular weight excluding hydrogens is 548 g/mol. The first kappa shape index (κ1) is 28.9. The van der Waals surface area contributed by atoms with Crippen molar-refractivity contribution in [3.05, 3.63) is 120 Å². The van der Waals surface area contributed by atoms with Crippen molar-refractivity contribution in [1.29, 1.82) is 0 Å². The number of hydrogen-bond donors (Lipinski definition) is 1. The smallest absolute Gasteiger partial charge is 0.390 e. The number of nitrogens with one attached hydrogen (secondary N) is 1. The summed E-state index contributed by atoms with van der Waals surface area (Å²) in [5.74, 6) is 0.493. The number of para-hydroxylation sites is 1. The maximum Gasteiger partial charge on any atom is 0.425 e. The van der Waals surface area contributed by atoms with Crippen LogP contribution in [0.25, 0.3) is 11.1 Å². The molecule has 0 radical (unpaired) electrons. The molecule has 1 fully saturated rings. The average Bonchev–Trinajstić information content (AvgIpc) is 3.04. The van der Waals surface area contributed by atoms with E-state index in [4.69, 9.17) is 4.74 Å². The van der Waals surface area contributed by atoms with Gasteiger partial charge in [0.15, 0.2) is 0 Å². The molecule has 0 saturated carbocycles. The molecule has 6 rings (SSSR count). The number of aromatic nitrogens is 2. The minimum atomic E-state index is -0.559. The molecule has 8 nitrogen and oxygen atoms in total. The number of aryl methyl sites for hydroxylation is 2. The lowest BCUT2D eigenvalue weighted by molar-refractivity contribution is 0.208. The molecule has 0 aliphatic carbocycles. The summed E-state index contributed by atoms with van der Waals surface area (Å²) >= 11 is 0. The van der Waals surface area contributed by atoms with E-state index in [1.165, 1.54) is 5.69 Å². The van der Waals surface area contributed by atoms with Gasteiger partial charge in [0.2, 0.25) is 11.8 Å². The van der Waals surface area contributed by atoms with E-state index >= 15 is 0 Å². The predicted octanol–water partition coefficient (Wildman–Crippen LogP) is 7.59. The number of rotatable bonds is 7. The van der Waals surface area contributed by atoms with E-state index < -0.39 is 6.09 Å². The first-order valence-electron chi connectivity index (χ1n) is 14.8. The molecule has 1 saturated heterocycles. The molecule has 1 amide bonds. The van der Waals surface area contributed by atoms with Gasteiger partial charge < -0.3 is 19.9 Å². The number of piperazine rings is 1. The van der Waals surface area contributed by atoms with Crippen LogP contribution in [0.2, 0.25) is 0 Å². The minimum absolute atomic E-state index is 0.152. The summed E-state index contributed by atoms with van der Waals surface area (Å²) in [6, 6.07) is 33.8. The van der Waals surface area contributed by atoms with Gasteiger partial charge in [-0.2, -0.15) is 4.98 Å². The monoisotopic (exact) mass is 584 g/mol. The van der Waals surface area contributed by atoms with Gasteiger partial charge in [0.1, 0.15) is 0 Å². The van der Waals surface area contributed by atoms with E-state index in [0.717, 1.165) is 59.8 Å². The Balaban J connectivity index is 1.21. The zero-order valence-corrected chi connectivity index (χ0v) is 25.3. The molecule has 5 aromatic rings. The van der Waals surface area contributed by atoms with Crippen molar-refractivity contribution in [2.24, 2.45) is 0 Å². The Hall–Kier alpha value is -5.21. The van der Waals surface area contributed by atoms with Gasteiger partial charge in [-0.1, -0.05) is 60.7 Å². The van der Waals surface area contributed by atoms with Crippen LogP contribution in [0.4, 0.5) is 33.5 Å². The first-order chi connectivity index (χ1) is 21.4. The van der Waals surface area contributed by atoms with Crippen LogP contribution in [0.15, 0.2) is 109 Å². The lowest BCUT2D eigenvalue weighted by Gasteiger charge is -2.34. The second-order valence-electron chi connectivity index (χ2n) is 11.0. The zero-order chi connectivity index (χ0) is 30.5. The highest BCUT2D eigenvalue weighted by molar-refractivity contribution is 5.99. The summed E-state index contributed by atoms with van der Waals surface area (Å²) in [6.07, 6.45) is 1.02. The quantitative estimate of drug-likeness (QED) is 0.211. The number of carbonyl (C=O) groups is 1. The molecule has 1 aliphatic heterocycles. The van der Waals surface area contributed by atoms with Gasteiger partial charge in [-0.3, -0.25) is 0 Å². The van der Waals surface area contributed by atoms with Crippen molar-refractivity contribution in [2.45, 2.75) is 13.8 Å². The van der Waals surface area contributed by atoms with Crippen LogP contribution < -0.4 is 19.9 Å². The van der Waals surface area contributed by atoms with Gasteiger partial charge in [0.05, 0.1) is 11.4 Å². The number of ether oxygens (including phenoxy) is 1. The van der Waals surface area contributed by atoms with Crippen molar-refractivity contribution in [2.75, 3.05) is 48.3 Å². The molecule has 0 unspecified atom stereocenters. The molecule has 0 spiro atoms. The normalized spacial score (nSPS) is 13.4. The fraction of sp³-hybridized carbons (Fsp3) is 0.194. The van der Waals surface area contributed by atoms with E-state index in [1.54, 1.807) is 17.2 Å². The third kappa shape index (κ3) is 6.55. The Morgan fingerprint density at radius 1 is 0.773 bits per heavy atom. The molecule has 1 aromatic heterocycles. The third-order valence-electron chi connectivity index (χ3n) is 7.89. The lowest BCUT2D eigenvalue weighted by Crippen LogP contribution is -2.44. The second-order valence-corrected chi connectivity index (χ2v) is 11.0. The van der Waals surface area contributed by atoms with E-state index in [2.05, 4.69) is 56.4 Å². The topological polar surface area (TPSA) is 73.8 Å². The average molecular weight is 585 g/mol. The van der Waals surface area contributed by atoms with Crippen molar-refractivity contribution in [3.8, 4) is 17.0 Å². The van der Waals surface area contributed by atoms with E-state index in [0.29, 0.717) is 11.6 Å². The summed E-state index contributed by atoms with van der Waals surface area (Å²) in [4.78, 5) is 29.0. The number of benzene rings is 4. The number of likely N-dealkylation sites (N-methyl/N-ethyl adjacent to an activating group) is 1. The highest BCUT2D eigenvalue weighted by Crippen LogP contribution is 2.34. The maximum absolute atomic E-state index is 13.9. The molecule has 8 heteroatoms. The Bertz CT molecular complexity index is 1700. The molecule has 4 aromatic carbocycles. The van der Waals surface area contributed by atoms with Gasteiger partial charge in [-0.15, -0.1) is 0 Å². The lowest BCUT2D eigenvalue weighted by atomic mass is 10.0. The van der Waals surface area contributed by atoms with Crippen molar-refractivity contribution >= 4 is 34.8 Å². The van der Waals surface area contributed by atoms with E-state index in [9.17, 15) is 4.79 Å².